The van der Waals surface area contributed by atoms with Gasteiger partial charge >= 0.3 is 0 Å². The largest absolute Gasteiger partial charge is 0.326 e. The van der Waals surface area contributed by atoms with E-state index in [9.17, 15) is 4.79 Å². The van der Waals surface area contributed by atoms with E-state index in [1.165, 1.54) is 5.56 Å². The number of nitrogens with zero attached hydrogens (tertiary/aromatic N) is 2. The van der Waals surface area contributed by atoms with Crippen LogP contribution in [-0.4, -0.2) is 21.3 Å². The van der Waals surface area contributed by atoms with Gasteiger partial charge in [-0.3, -0.25) is 4.79 Å². The molecule has 0 fully saturated rings. The number of hydrogen-bond donors (Lipinski definition) is 2. The number of aromatic nitrogens is 3. The van der Waals surface area contributed by atoms with E-state index in [0.29, 0.717) is 12.3 Å². The lowest BCUT2D eigenvalue weighted by Gasteiger charge is -2.19. The fraction of sp³-hybridized carbons (Fsp3) is 0.438. The molecule has 0 spiro atoms. The average molecular weight is 284 g/mol. The number of H-pyrrole nitrogens is 1. The second-order valence-electron chi connectivity index (χ2n) is 5.92. The minimum atomic E-state index is -0.0209. The molecule has 1 aromatic heterocycles. The molecule has 110 valence electrons. The third-order valence-electron chi connectivity index (χ3n) is 4.09. The first-order chi connectivity index (χ1) is 10.1. The molecule has 0 saturated heterocycles. The van der Waals surface area contributed by atoms with Gasteiger partial charge in [0.05, 0.1) is 11.4 Å². The van der Waals surface area contributed by atoms with Crippen molar-refractivity contribution in [3.05, 3.63) is 41.2 Å². The molecule has 0 saturated carbocycles. The van der Waals surface area contributed by atoms with Crippen LogP contribution in [-0.2, 0) is 17.6 Å². The molecule has 5 heteroatoms. The molecule has 21 heavy (non-hydrogen) atoms. The summed E-state index contributed by atoms with van der Waals surface area (Å²) in [5.74, 6) is 0.548. The molecule has 1 atom stereocenters. The van der Waals surface area contributed by atoms with Gasteiger partial charge in [0.25, 0.3) is 0 Å². The van der Waals surface area contributed by atoms with Crippen LogP contribution in [0.4, 0.5) is 5.69 Å². The van der Waals surface area contributed by atoms with Crippen molar-refractivity contribution < 1.29 is 4.79 Å². The predicted octanol–water partition coefficient (Wildman–Crippen LogP) is 2.67. The number of rotatable bonds is 3. The smallest absolute Gasteiger partial charge is 0.227 e. The summed E-state index contributed by atoms with van der Waals surface area (Å²) in [6.07, 6.45) is 2.31. The standard InChI is InChI=1S/C16H20N4O/c1-10(2)11-3-6-13(7-4-11)17-16(21)12-5-8-14-15(9-12)19-20-18-14/h3-4,6-7,10,12H,5,8-9H2,1-2H3,(H,17,21)(H,18,19,20). The third kappa shape index (κ3) is 2.96. The second-order valence-corrected chi connectivity index (χ2v) is 5.92. The zero-order chi connectivity index (χ0) is 14.8. The monoisotopic (exact) mass is 284 g/mol. The van der Waals surface area contributed by atoms with Crippen LogP contribution in [0.3, 0.4) is 0 Å². The van der Waals surface area contributed by atoms with Crippen molar-refractivity contribution in [2.45, 2.75) is 39.0 Å². The summed E-state index contributed by atoms with van der Waals surface area (Å²) in [6, 6.07) is 8.07. The molecule has 2 aromatic rings. The zero-order valence-corrected chi connectivity index (χ0v) is 12.4. The van der Waals surface area contributed by atoms with Crippen molar-refractivity contribution in [2.75, 3.05) is 5.32 Å². The highest BCUT2D eigenvalue weighted by atomic mass is 16.1. The number of aryl methyl sites for hydroxylation is 1. The van der Waals surface area contributed by atoms with Gasteiger partial charge in [0.1, 0.15) is 0 Å². The van der Waals surface area contributed by atoms with Crippen LogP contribution in [0.5, 0.6) is 0 Å². The number of fused-ring (bicyclic) bond motifs is 1. The van der Waals surface area contributed by atoms with Crippen LogP contribution in [0, 0.1) is 5.92 Å². The highest BCUT2D eigenvalue weighted by Crippen LogP contribution is 2.24. The molecule has 0 radical (unpaired) electrons. The molecule has 3 rings (SSSR count). The van der Waals surface area contributed by atoms with Crippen molar-refractivity contribution in [3.63, 3.8) is 0 Å². The lowest BCUT2D eigenvalue weighted by molar-refractivity contribution is -0.120. The number of amides is 1. The summed E-state index contributed by atoms with van der Waals surface area (Å²) in [6.45, 7) is 4.32. The van der Waals surface area contributed by atoms with E-state index >= 15 is 0 Å². The van der Waals surface area contributed by atoms with Crippen molar-refractivity contribution in [1.29, 1.82) is 0 Å². The van der Waals surface area contributed by atoms with Gasteiger partial charge in [0, 0.05) is 18.0 Å². The van der Waals surface area contributed by atoms with Gasteiger partial charge in [-0.15, -0.1) is 0 Å². The van der Waals surface area contributed by atoms with Crippen LogP contribution in [0.25, 0.3) is 0 Å². The Kier molecular flexibility index (Phi) is 3.73. The first-order valence-electron chi connectivity index (χ1n) is 7.43. The first-order valence-corrected chi connectivity index (χ1v) is 7.43. The van der Waals surface area contributed by atoms with Gasteiger partial charge in [0.2, 0.25) is 5.91 Å². The van der Waals surface area contributed by atoms with Gasteiger partial charge in [-0.2, -0.15) is 15.4 Å². The van der Waals surface area contributed by atoms with Crippen molar-refractivity contribution in [3.8, 4) is 0 Å². The van der Waals surface area contributed by atoms with E-state index in [4.69, 9.17) is 0 Å². The van der Waals surface area contributed by atoms with E-state index in [1.54, 1.807) is 0 Å². The Labute approximate surface area is 124 Å². The first kappa shape index (κ1) is 13.8. The summed E-state index contributed by atoms with van der Waals surface area (Å²) in [5, 5.41) is 13.8. The Morgan fingerprint density at radius 2 is 1.95 bits per heavy atom. The van der Waals surface area contributed by atoms with Crippen molar-refractivity contribution >= 4 is 11.6 Å². The van der Waals surface area contributed by atoms with Crippen LogP contribution in [0.15, 0.2) is 24.3 Å². The lowest BCUT2D eigenvalue weighted by atomic mass is 9.89. The highest BCUT2D eigenvalue weighted by Gasteiger charge is 2.27. The van der Waals surface area contributed by atoms with E-state index in [1.807, 2.05) is 12.1 Å². The summed E-state index contributed by atoms with van der Waals surface area (Å²) >= 11 is 0. The molecule has 1 heterocycles. The Hall–Kier alpha value is -2.17. The average Bonchev–Trinajstić information content (AvgIpc) is 2.95. The van der Waals surface area contributed by atoms with Crippen molar-refractivity contribution in [1.82, 2.24) is 15.4 Å². The quantitative estimate of drug-likeness (QED) is 0.910. The molecular formula is C16H20N4O. The second kappa shape index (κ2) is 5.68. The highest BCUT2D eigenvalue weighted by molar-refractivity contribution is 5.92. The third-order valence-corrected chi connectivity index (χ3v) is 4.09. The van der Waals surface area contributed by atoms with Gasteiger partial charge in [0.15, 0.2) is 0 Å². The molecule has 1 amide bonds. The van der Waals surface area contributed by atoms with Gasteiger partial charge in [-0.05, 0) is 36.5 Å². The molecule has 0 bridgehead atoms. The van der Waals surface area contributed by atoms with Crippen LogP contribution in [0.2, 0.25) is 0 Å². The number of benzene rings is 1. The maximum absolute atomic E-state index is 12.3. The number of nitrogens with one attached hydrogen (secondary N) is 2. The van der Waals surface area contributed by atoms with E-state index in [2.05, 4.69) is 46.7 Å². The van der Waals surface area contributed by atoms with Gasteiger partial charge in [-0.25, -0.2) is 0 Å². The minimum Gasteiger partial charge on any atom is -0.326 e. The zero-order valence-electron chi connectivity index (χ0n) is 12.4. The van der Waals surface area contributed by atoms with E-state index < -0.39 is 0 Å². The topological polar surface area (TPSA) is 70.7 Å². The Balaban J connectivity index is 1.64. The summed E-state index contributed by atoms with van der Waals surface area (Å²) < 4.78 is 0. The van der Waals surface area contributed by atoms with E-state index in [0.717, 1.165) is 29.9 Å². The predicted molar refractivity (Wildman–Crippen MR) is 81.1 cm³/mol. The molecule has 1 aliphatic carbocycles. The molecule has 1 aromatic carbocycles. The maximum Gasteiger partial charge on any atom is 0.227 e. The molecule has 2 N–H and O–H groups in total. The summed E-state index contributed by atoms with van der Waals surface area (Å²) in [5.41, 5.74) is 4.06. The van der Waals surface area contributed by atoms with Crippen LogP contribution < -0.4 is 5.32 Å². The number of carbonyl (C=O) groups excluding carboxylic acids is 1. The van der Waals surface area contributed by atoms with Gasteiger partial charge < -0.3 is 5.32 Å². The number of aromatic amines is 1. The number of carbonyl (C=O) groups is 1. The van der Waals surface area contributed by atoms with E-state index in [-0.39, 0.29) is 11.8 Å². The number of anilines is 1. The minimum absolute atomic E-state index is 0.0209. The normalized spacial score (nSPS) is 17.6. The Morgan fingerprint density at radius 3 is 2.67 bits per heavy atom. The van der Waals surface area contributed by atoms with Crippen LogP contribution in [0.1, 0.15) is 43.1 Å². The Morgan fingerprint density at radius 1 is 1.24 bits per heavy atom. The fourth-order valence-corrected chi connectivity index (χ4v) is 2.70. The fourth-order valence-electron chi connectivity index (χ4n) is 2.70. The molecule has 1 unspecified atom stereocenters. The summed E-state index contributed by atoms with van der Waals surface area (Å²) in [7, 11) is 0. The number of hydrogen-bond acceptors (Lipinski definition) is 3. The molecular weight excluding hydrogens is 264 g/mol. The molecule has 1 aliphatic rings. The van der Waals surface area contributed by atoms with Gasteiger partial charge in [-0.1, -0.05) is 26.0 Å². The maximum atomic E-state index is 12.3. The molecule has 0 aliphatic heterocycles. The van der Waals surface area contributed by atoms with Crippen LogP contribution >= 0.6 is 0 Å². The van der Waals surface area contributed by atoms with Crippen molar-refractivity contribution in [2.24, 2.45) is 5.92 Å². The lowest BCUT2D eigenvalue weighted by Crippen LogP contribution is -2.28. The molecule has 5 nitrogen and oxygen atoms in total. The summed E-state index contributed by atoms with van der Waals surface area (Å²) in [4.78, 5) is 12.3. The SMILES string of the molecule is CC(C)c1ccc(NC(=O)C2CCc3n[nH]nc3C2)cc1. The Bertz CT molecular complexity index is 630.